The number of hydrogen-bond donors (Lipinski definition) is 1. The third kappa shape index (κ3) is 4.45. The first-order valence-electron chi connectivity index (χ1n) is 8.41. The van der Waals surface area contributed by atoms with Crippen molar-refractivity contribution >= 4 is 5.91 Å². The molecule has 2 aliphatic heterocycles. The van der Waals surface area contributed by atoms with Crippen LogP contribution in [-0.2, 0) is 4.79 Å². The van der Waals surface area contributed by atoms with Gasteiger partial charge in [0.2, 0.25) is 5.91 Å². The Hall–Kier alpha value is -0.610. The van der Waals surface area contributed by atoms with Crippen LogP contribution in [0.5, 0.6) is 0 Å². The lowest BCUT2D eigenvalue weighted by molar-refractivity contribution is -0.133. The standard InChI is InChI=1S/C16H31N3O/c1-14(16(20)19-11-6-3-4-7-12-19)17-13-15-9-5-8-10-18(15)2/h14-15,17H,3-13H2,1-2H3. The third-order valence-electron chi connectivity index (χ3n) is 4.87. The van der Waals surface area contributed by atoms with Gasteiger partial charge < -0.3 is 15.1 Å². The topological polar surface area (TPSA) is 35.6 Å². The molecule has 0 bridgehead atoms. The maximum Gasteiger partial charge on any atom is 0.239 e. The number of likely N-dealkylation sites (tertiary alicyclic amines) is 2. The van der Waals surface area contributed by atoms with Crippen molar-refractivity contribution < 1.29 is 4.79 Å². The van der Waals surface area contributed by atoms with Crippen LogP contribution in [0.1, 0.15) is 51.9 Å². The summed E-state index contributed by atoms with van der Waals surface area (Å²) < 4.78 is 0. The molecule has 2 unspecified atom stereocenters. The molecular weight excluding hydrogens is 250 g/mol. The van der Waals surface area contributed by atoms with E-state index in [9.17, 15) is 4.79 Å². The lowest BCUT2D eigenvalue weighted by atomic mass is 10.0. The molecule has 20 heavy (non-hydrogen) atoms. The van der Waals surface area contributed by atoms with Crippen LogP contribution in [0.15, 0.2) is 0 Å². The normalized spacial score (nSPS) is 27.1. The molecular formula is C16H31N3O. The van der Waals surface area contributed by atoms with Crippen molar-refractivity contribution in [2.75, 3.05) is 33.2 Å². The lowest BCUT2D eigenvalue weighted by Crippen LogP contribution is -2.50. The number of nitrogens with zero attached hydrogens (tertiary/aromatic N) is 2. The Balaban J connectivity index is 1.75. The van der Waals surface area contributed by atoms with Crippen LogP contribution in [0.25, 0.3) is 0 Å². The van der Waals surface area contributed by atoms with E-state index in [1.807, 2.05) is 6.92 Å². The molecule has 4 heteroatoms. The van der Waals surface area contributed by atoms with E-state index in [1.54, 1.807) is 0 Å². The minimum atomic E-state index is -0.0385. The van der Waals surface area contributed by atoms with E-state index in [4.69, 9.17) is 0 Å². The van der Waals surface area contributed by atoms with Gasteiger partial charge in [0.15, 0.2) is 0 Å². The van der Waals surface area contributed by atoms with Crippen LogP contribution in [0, 0.1) is 0 Å². The third-order valence-corrected chi connectivity index (χ3v) is 4.87. The summed E-state index contributed by atoms with van der Waals surface area (Å²) >= 11 is 0. The second kappa shape index (κ2) is 7.99. The Bertz CT molecular complexity index is 300. The number of nitrogens with one attached hydrogen (secondary N) is 1. The minimum absolute atomic E-state index is 0.0385. The fraction of sp³-hybridized carbons (Fsp3) is 0.938. The average Bonchev–Trinajstić information content (AvgIpc) is 2.74. The van der Waals surface area contributed by atoms with Crippen LogP contribution < -0.4 is 5.32 Å². The van der Waals surface area contributed by atoms with Gasteiger partial charge >= 0.3 is 0 Å². The number of amides is 1. The van der Waals surface area contributed by atoms with Gasteiger partial charge in [-0.05, 0) is 46.2 Å². The second-order valence-electron chi connectivity index (χ2n) is 6.50. The van der Waals surface area contributed by atoms with Crippen molar-refractivity contribution in [2.24, 2.45) is 0 Å². The monoisotopic (exact) mass is 281 g/mol. The minimum Gasteiger partial charge on any atom is -0.341 e. The van der Waals surface area contributed by atoms with Gasteiger partial charge in [0.05, 0.1) is 6.04 Å². The molecule has 0 spiro atoms. The highest BCUT2D eigenvalue weighted by Crippen LogP contribution is 2.15. The molecule has 2 aliphatic rings. The summed E-state index contributed by atoms with van der Waals surface area (Å²) in [6.45, 7) is 6.07. The van der Waals surface area contributed by atoms with Gasteiger partial charge in [-0.15, -0.1) is 0 Å². The lowest BCUT2D eigenvalue weighted by Gasteiger charge is -2.34. The summed E-state index contributed by atoms with van der Waals surface area (Å²) in [4.78, 5) is 16.9. The molecule has 1 N–H and O–H groups in total. The molecule has 1 amide bonds. The van der Waals surface area contributed by atoms with E-state index >= 15 is 0 Å². The Morgan fingerprint density at radius 3 is 2.40 bits per heavy atom. The molecule has 0 saturated carbocycles. The zero-order valence-corrected chi connectivity index (χ0v) is 13.2. The number of carbonyl (C=O) groups is 1. The fourth-order valence-electron chi connectivity index (χ4n) is 3.37. The Kier molecular flexibility index (Phi) is 6.30. The summed E-state index contributed by atoms with van der Waals surface area (Å²) in [7, 11) is 2.20. The molecule has 2 rings (SSSR count). The van der Waals surface area contributed by atoms with Crippen LogP contribution in [0.4, 0.5) is 0 Å². The summed E-state index contributed by atoms with van der Waals surface area (Å²) in [5.74, 6) is 0.297. The number of carbonyl (C=O) groups excluding carboxylic acids is 1. The summed E-state index contributed by atoms with van der Waals surface area (Å²) in [6, 6.07) is 0.562. The zero-order valence-electron chi connectivity index (χ0n) is 13.2. The average molecular weight is 281 g/mol. The highest BCUT2D eigenvalue weighted by atomic mass is 16.2. The van der Waals surface area contributed by atoms with Crippen LogP contribution in [0.2, 0.25) is 0 Å². The quantitative estimate of drug-likeness (QED) is 0.854. The Labute approximate surface area is 123 Å². The van der Waals surface area contributed by atoms with E-state index in [-0.39, 0.29) is 6.04 Å². The molecule has 4 nitrogen and oxygen atoms in total. The molecule has 0 aliphatic carbocycles. The molecule has 0 aromatic rings. The van der Waals surface area contributed by atoms with E-state index in [0.717, 1.165) is 19.6 Å². The molecule has 0 radical (unpaired) electrons. The molecule has 2 fully saturated rings. The van der Waals surface area contributed by atoms with Crippen LogP contribution in [0.3, 0.4) is 0 Å². The molecule has 0 aromatic carbocycles. The summed E-state index contributed by atoms with van der Waals surface area (Å²) in [6.07, 6.45) is 8.79. The number of likely N-dealkylation sites (N-methyl/N-ethyl adjacent to an activating group) is 1. The maximum atomic E-state index is 12.5. The first-order valence-corrected chi connectivity index (χ1v) is 8.41. The highest BCUT2D eigenvalue weighted by molar-refractivity contribution is 5.81. The highest BCUT2D eigenvalue weighted by Gasteiger charge is 2.24. The first-order chi connectivity index (χ1) is 9.68. The molecule has 2 atom stereocenters. The van der Waals surface area contributed by atoms with E-state index in [1.165, 1.54) is 51.5 Å². The van der Waals surface area contributed by atoms with Crippen LogP contribution >= 0.6 is 0 Å². The Morgan fingerprint density at radius 2 is 1.75 bits per heavy atom. The first kappa shape index (κ1) is 15.8. The zero-order chi connectivity index (χ0) is 14.4. The van der Waals surface area contributed by atoms with Gasteiger partial charge in [-0.3, -0.25) is 4.79 Å². The Morgan fingerprint density at radius 1 is 1.10 bits per heavy atom. The second-order valence-corrected chi connectivity index (χ2v) is 6.50. The van der Waals surface area contributed by atoms with Crippen molar-refractivity contribution in [2.45, 2.75) is 64.0 Å². The maximum absolute atomic E-state index is 12.5. The smallest absolute Gasteiger partial charge is 0.239 e. The fourth-order valence-corrected chi connectivity index (χ4v) is 3.37. The van der Waals surface area contributed by atoms with Gasteiger partial charge in [0.25, 0.3) is 0 Å². The van der Waals surface area contributed by atoms with Crippen molar-refractivity contribution in [3.05, 3.63) is 0 Å². The van der Waals surface area contributed by atoms with Crippen molar-refractivity contribution in [3.63, 3.8) is 0 Å². The molecule has 2 heterocycles. The van der Waals surface area contributed by atoms with Gasteiger partial charge in [-0.25, -0.2) is 0 Å². The van der Waals surface area contributed by atoms with Gasteiger partial charge in [0, 0.05) is 25.7 Å². The van der Waals surface area contributed by atoms with E-state index in [2.05, 4.69) is 22.2 Å². The molecule has 2 saturated heterocycles. The van der Waals surface area contributed by atoms with E-state index in [0.29, 0.717) is 11.9 Å². The summed E-state index contributed by atoms with van der Waals surface area (Å²) in [5.41, 5.74) is 0. The van der Waals surface area contributed by atoms with Gasteiger partial charge in [-0.1, -0.05) is 19.3 Å². The number of piperidine rings is 1. The number of hydrogen-bond acceptors (Lipinski definition) is 3. The predicted molar refractivity (Wildman–Crippen MR) is 82.8 cm³/mol. The van der Waals surface area contributed by atoms with Crippen molar-refractivity contribution in [1.82, 2.24) is 15.1 Å². The predicted octanol–water partition coefficient (Wildman–Crippen LogP) is 1.85. The molecule has 0 aromatic heterocycles. The van der Waals surface area contributed by atoms with Gasteiger partial charge in [0.1, 0.15) is 0 Å². The van der Waals surface area contributed by atoms with Crippen molar-refractivity contribution in [3.8, 4) is 0 Å². The van der Waals surface area contributed by atoms with Crippen LogP contribution in [-0.4, -0.2) is 61.0 Å². The summed E-state index contributed by atoms with van der Waals surface area (Å²) in [5, 5.41) is 3.47. The van der Waals surface area contributed by atoms with Gasteiger partial charge in [-0.2, -0.15) is 0 Å². The van der Waals surface area contributed by atoms with Crippen molar-refractivity contribution in [1.29, 1.82) is 0 Å². The van der Waals surface area contributed by atoms with E-state index < -0.39 is 0 Å². The number of rotatable bonds is 4. The SMILES string of the molecule is CC(NCC1CCCCN1C)C(=O)N1CCCCCC1. The largest absolute Gasteiger partial charge is 0.341 e. The molecule has 116 valence electrons.